The number of rotatable bonds is 2. The minimum absolute atomic E-state index is 0.00775. The molecule has 7 nitrogen and oxygen atoms in total. The van der Waals surface area contributed by atoms with Gasteiger partial charge in [0.25, 0.3) is 0 Å². The summed E-state index contributed by atoms with van der Waals surface area (Å²) in [5.74, 6) is -3.69. The van der Waals surface area contributed by atoms with Crippen LogP contribution in [0, 0.1) is 11.6 Å². The highest BCUT2D eigenvalue weighted by molar-refractivity contribution is 6.06. The Morgan fingerprint density at radius 3 is 2.46 bits per heavy atom. The first-order valence-electron chi connectivity index (χ1n) is 7.56. The second-order valence-electron chi connectivity index (χ2n) is 5.91. The van der Waals surface area contributed by atoms with Crippen molar-refractivity contribution in [3.8, 4) is 0 Å². The molecule has 3 rings (SSSR count). The van der Waals surface area contributed by atoms with Crippen molar-refractivity contribution < 1.29 is 18.7 Å². The van der Waals surface area contributed by atoms with Gasteiger partial charge in [-0.1, -0.05) is 6.42 Å². The Morgan fingerprint density at radius 2 is 1.83 bits per heavy atom. The summed E-state index contributed by atoms with van der Waals surface area (Å²) >= 11 is 0. The summed E-state index contributed by atoms with van der Waals surface area (Å²) in [5, 5.41) is 9.10. The summed E-state index contributed by atoms with van der Waals surface area (Å²) in [6.45, 7) is 0. The summed E-state index contributed by atoms with van der Waals surface area (Å²) < 4.78 is 28.1. The average molecular weight is 337 g/mol. The van der Waals surface area contributed by atoms with Crippen LogP contribution in [0.1, 0.15) is 42.5 Å². The second-order valence-corrected chi connectivity index (χ2v) is 5.91. The predicted octanol–water partition coefficient (Wildman–Crippen LogP) is 1.77. The number of guanidine groups is 2. The highest BCUT2D eigenvalue weighted by Crippen LogP contribution is 2.40. The Bertz CT molecular complexity index is 756. The maximum atomic E-state index is 14.4. The van der Waals surface area contributed by atoms with Crippen LogP contribution < -0.4 is 16.4 Å². The van der Waals surface area contributed by atoms with E-state index in [0.29, 0.717) is 18.9 Å². The van der Waals surface area contributed by atoms with E-state index in [9.17, 15) is 13.6 Å². The van der Waals surface area contributed by atoms with E-state index in [1.807, 2.05) is 0 Å². The van der Waals surface area contributed by atoms with Gasteiger partial charge in [-0.05, 0) is 31.7 Å². The maximum Gasteiger partial charge on any atom is 0.338 e. The molecule has 0 radical (unpaired) electrons. The van der Waals surface area contributed by atoms with Gasteiger partial charge in [-0.3, -0.25) is 4.90 Å². The van der Waals surface area contributed by atoms with Crippen LogP contribution in [0.25, 0.3) is 0 Å². The van der Waals surface area contributed by atoms with Crippen LogP contribution >= 0.6 is 0 Å². The molecule has 1 aromatic rings. The van der Waals surface area contributed by atoms with Crippen LogP contribution in [0.3, 0.4) is 0 Å². The van der Waals surface area contributed by atoms with Crippen molar-refractivity contribution in [2.75, 3.05) is 4.90 Å². The lowest BCUT2D eigenvalue weighted by atomic mass is 9.87. The second kappa shape index (κ2) is 5.73. The molecule has 5 N–H and O–H groups in total. The maximum absolute atomic E-state index is 14.4. The van der Waals surface area contributed by atoms with Crippen LogP contribution in [0.15, 0.2) is 22.1 Å². The SMILES string of the molecule is NC1=NC2(CCCCC2)N(c2cc(C(=O)O)c(F)cc2F)C(N)=N1. The number of nitrogens with two attached hydrogens (primary N) is 2. The highest BCUT2D eigenvalue weighted by atomic mass is 19.1. The topological polar surface area (TPSA) is 117 Å². The number of nitrogens with zero attached hydrogens (tertiary/aromatic N) is 3. The third-order valence-electron chi connectivity index (χ3n) is 4.36. The molecule has 1 spiro atoms. The molecule has 0 amide bonds. The highest BCUT2D eigenvalue weighted by Gasteiger charge is 2.43. The van der Waals surface area contributed by atoms with Gasteiger partial charge < -0.3 is 16.6 Å². The monoisotopic (exact) mass is 337 g/mol. The molecule has 1 aliphatic heterocycles. The molecule has 1 aromatic carbocycles. The van der Waals surface area contributed by atoms with E-state index >= 15 is 0 Å². The normalized spacial score (nSPS) is 19.8. The minimum atomic E-state index is -1.50. The van der Waals surface area contributed by atoms with Gasteiger partial charge in [0.15, 0.2) is 0 Å². The minimum Gasteiger partial charge on any atom is -0.478 e. The Morgan fingerprint density at radius 1 is 1.17 bits per heavy atom. The number of carboxylic acid groups (broad SMARTS) is 1. The fourth-order valence-electron chi connectivity index (χ4n) is 3.34. The van der Waals surface area contributed by atoms with Crippen molar-refractivity contribution in [3.05, 3.63) is 29.3 Å². The quantitative estimate of drug-likeness (QED) is 0.760. The van der Waals surface area contributed by atoms with Crippen molar-refractivity contribution >= 4 is 23.6 Å². The molecule has 0 aromatic heterocycles. The van der Waals surface area contributed by atoms with Gasteiger partial charge in [-0.2, -0.15) is 4.99 Å². The molecule has 1 aliphatic carbocycles. The van der Waals surface area contributed by atoms with Crippen molar-refractivity contribution in [2.45, 2.75) is 37.8 Å². The zero-order valence-electron chi connectivity index (χ0n) is 12.8. The fraction of sp³-hybridized carbons (Fsp3) is 0.400. The lowest BCUT2D eigenvalue weighted by Crippen LogP contribution is -2.58. The van der Waals surface area contributed by atoms with Crippen LogP contribution in [0.5, 0.6) is 0 Å². The first kappa shape index (κ1) is 16.2. The zero-order chi connectivity index (χ0) is 17.5. The van der Waals surface area contributed by atoms with E-state index in [1.165, 1.54) is 4.90 Å². The lowest BCUT2D eigenvalue weighted by Gasteiger charge is -2.45. The van der Waals surface area contributed by atoms with E-state index in [1.54, 1.807) is 0 Å². The van der Waals surface area contributed by atoms with Crippen LogP contribution in [-0.2, 0) is 0 Å². The van der Waals surface area contributed by atoms with Crippen molar-refractivity contribution in [1.29, 1.82) is 0 Å². The molecular weight excluding hydrogens is 320 g/mol. The summed E-state index contributed by atoms with van der Waals surface area (Å²) in [6.07, 6.45) is 3.77. The van der Waals surface area contributed by atoms with E-state index < -0.39 is 28.8 Å². The third-order valence-corrected chi connectivity index (χ3v) is 4.36. The van der Waals surface area contributed by atoms with E-state index in [4.69, 9.17) is 16.6 Å². The number of carbonyl (C=O) groups is 1. The Balaban J connectivity index is 2.17. The largest absolute Gasteiger partial charge is 0.478 e. The van der Waals surface area contributed by atoms with Gasteiger partial charge in [0, 0.05) is 6.07 Å². The molecule has 0 atom stereocenters. The van der Waals surface area contributed by atoms with Gasteiger partial charge in [0.05, 0.1) is 11.3 Å². The van der Waals surface area contributed by atoms with Crippen LogP contribution in [0.4, 0.5) is 14.5 Å². The number of hydrogen-bond donors (Lipinski definition) is 3. The van der Waals surface area contributed by atoms with Gasteiger partial charge >= 0.3 is 5.97 Å². The molecule has 2 aliphatic rings. The first-order valence-corrected chi connectivity index (χ1v) is 7.56. The number of hydrogen-bond acceptors (Lipinski definition) is 6. The molecule has 128 valence electrons. The van der Waals surface area contributed by atoms with E-state index in [0.717, 1.165) is 25.3 Å². The number of carboxylic acids is 1. The molecule has 1 saturated carbocycles. The average Bonchev–Trinajstić information content (AvgIpc) is 2.49. The molecule has 1 fully saturated rings. The van der Waals surface area contributed by atoms with Gasteiger partial charge in [0.1, 0.15) is 17.3 Å². The molecule has 0 bridgehead atoms. The Kier molecular flexibility index (Phi) is 3.86. The summed E-state index contributed by atoms with van der Waals surface area (Å²) in [7, 11) is 0. The smallest absolute Gasteiger partial charge is 0.338 e. The van der Waals surface area contributed by atoms with Gasteiger partial charge in [-0.25, -0.2) is 18.6 Å². The van der Waals surface area contributed by atoms with Crippen molar-refractivity contribution in [3.63, 3.8) is 0 Å². The third kappa shape index (κ3) is 2.55. The molecule has 24 heavy (non-hydrogen) atoms. The fourth-order valence-corrected chi connectivity index (χ4v) is 3.34. The molecule has 0 unspecified atom stereocenters. The predicted molar refractivity (Wildman–Crippen MR) is 84.9 cm³/mol. The number of anilines is 1. The van der Waals surface area contributed by atoms with Crippen molar-refractivity contribution in [2.24, 2.45) is 21.5 Å². The molecule has 9 heteroatoms. The van der Waals surface area contributed by atoms with E-state index in [2.05, 4.69) is 9.98 Å². The first-order chi connectivity index (χ1) is 11.3. The molecule has 0 saturated heterocycles. The molecule has 1 heterocycles. The summed E-state index contributed by atoms with van der Waals surface area (Å²) in [4.78, 5) is 20.7. The molecular formula is C15H17F2N5O2. The Hall–Kier alpha value is -2.71. The number of benzene rings is 1. The van der Waals surface area contributed by atoms with Gasteiger partial charge in [-0.15, -0.1) is 0 Å². The van der Waals surface area contributed by atoms with Crippen LogP contribution in [-0.4, -0.2) is 28.7 Å². The number of aromatic carboxylic acids is 1. The lowest BCUT2D eigenvalue weighted by molar-refractivity contribution is 0.0691. The number of aliphatic imine (C=N–C) groups is 2. The Labute approximate surface area is 136 Å². The van der Waals surface area contributed by atoms with Crippen molar-refractivity contribution in [1.82, 2.24) is 0 Å². The summed E-state index contributed by atoms with van der Waals surface area (Å²) in [5.41, 5.74) is 9.92. The van der Waals surface area contributed by atoms with E-state index in [-0.39, 0.29) is 17.6 Å². The zero-order valence-corrected chi connectivity index (χ0v) is 12.8. The van der Waals surface area contributed by atoms with Crippen LogP contribution in [0.2, 0.25) is 0 Å². The number of halogens is 2. The standard InChI is InChI=1S/C15H17F2N5O2/c16-9-7-10(17)11(6-8(9)12(23)24)22-14(19)20-13(18)21-15(22)4-2-1-3-5-15/h6-7H,1-5H2,(H,23,24)(H4,18,19,20,21). The van der Waals surface area contributed by atoms with Gasteiger partial charge in [0.2, 0.25) is 11.9 Å². The summed E-state index contributed by atoms with van der Waals surface area (Å²) in [6, 6.07) is 1.45.